The van der Waals surface area contributed by atoms with Crippen LogP contribution in [0.5, 0.6) is 0 Å². The lowest BCUT2D eigenvalue weighted by atomic mass is 9.91. The molecule has 1 aromatic carbocycles. The first-order chi connectivity index (χ1) is 10.8. The zero-order valence-electron chi connectivity index (χ0n) is 13.8. The van der Waals surface area contributed by atoms with Crippen molar-refractivity contribution in [3.8, 4) is 0 Å². The molecule has 0 bridgehead atoms. The van der Waals surface area contributed by atoms with Gasteiger partial charge in [0.2, 0.25) is 5.91 Å². The van der Waals surface area contributed by atoms with Crippen LogP contribution in [0.2, 0.25) is 0 Å². The van der Waals surface area contributed by atoms with Crippen molar-refractivity contribution >= 4 is 18.3 Å². The summed E-state index contributed by atoms with van der Waals surface area (Å²) in [6, 6.07) is 5.14. The summed E-state index contributed by atoms with van der Waals surface area (Å²) in [5.41, 5.74) is -0.294. The van der Waals surface area contributed by atoms with Gasteiger partial charge in [0.25, 0.3) is 0 Å². The number of nitrogens with one attached hydrogen (secondary N) is 2. The number of carbonyl (C=O) groups excluding carboxylic acids is 1. The highest BCUT2D eigenvalue weighted by Gasteiger charge is 2.32. The summed E-state index contributed by atoms with van der Waals surface area (Å²) in [4.78, 5) is 12.5. The van der Waals surface area contributed by atoms with Crippen LogP contribution in [0.1, 0.15) is 43.7 Å². The summed E-state index contributed by atoms with van der Waals surface area (Å²) in [5, 5.41) is 6.28. The molecule has 0 saturated carbocycles. The summed E-state index contributed by atoms with van der Waals surface area (Å²) >= 11 is 0. The van der Waals surface area contributed by atoms with Gasteiger partial charge in [-0.2, -0.15) is 13.2 Å². The number of hydrogen-bond donors (Lipinski definition) is 2. The number of benzene rings is 1. The third-order valence-corrected chi connectivity index (χ3v) is 4.45. The quantitative estimate of drug-likeness (QED) is 0.854. The van der Waals surface area contributed by atoms with Crippen molar-refractivity contribution in [1.29, 1.82) is 0 Å². The van der Waals surface area contributed by atoms with Gasteiger partial charge in [-0.1, -0.05) is 32.0 Å². The molecule has 2 N–H and O–H groups in total. The average Bonchev–Trinajstić information content (AvgIpc) is 2.50. The monoisotopic (exact) mass is 364 g/mol. The average molecular weight is 365 g/mol. The lowest BCUT2D eigenvalue weighted by molar-refractivity contribution is -0.137. The van der Waals surface area contributed by atoms with Crippen LogP contribution in [0.4, 0.5) is 13.2 Å². The SMILES string of the molecule is CCC(C(=O)NC1CCNCC1C)c1cccc(C(F)(F)F)c1.Cl. The second-order valence-corrected chi connectivity index (χ2v) is 6.17. The normalized spacial score (nSPS) is 22.4. The largest absolute Gasteiger partial charge is 0.416 e. The molecule has 1 aliphatic rings. The Morgan fingerprint density at radius 2 is 2.12 bits per heavy atom. The van der Waals surface area contributed by atoms with Crippen molar-refractivity contribution < 1.29 is 18.0 Å². The van der Waals surface area contributed by atoms with E-state index >= 15 is 0 Å². The molecule has 1 aliphatic heterocycles. The maximum atomic E-state index is 12.9. The Bertz CT molecular complexity index is 551. The first-order valence-electron chi connectivity index (χ1n) is 8.01. The minimum atomic E-state index is -4.39. The van der Waals surface area contributed by atoms with E-state index in [-0.39, 0.29) is 24.4 Å². The molecule has 2 rings (SSSR count). The Morgan fingerprint density at radius 3 is 2.71 bits per heavy atom. The molecule has 3 atom stereocenters. The Morgan fingerprint density at radius 1 is 1.42 bits per heavy atom. The first kappa shape index (κ1) is 20.8. The van der Waals surface area contributed by atoms with Gasteiger partial charge in [-0.15, -0.1) is 12.4 Å². The van der Waals surface area contributed by atoms with Gasteiger partial charge < -0.3 is 10.6 Å². The molecule has 0 aliphatic carbocycles. The Hall–Kier alpha value is -1.27. The fraction of sp³-hybridized carbons (Fsp3) is 0.588. The molecular formula is C17H24ClF3N2O. The zero-order valence-corrected chi connectivity index (χ0v) is 14.6. The second kappa shape index (κ2) is 8.72. The molecule has 24 heavy (non-hydrogen) atoms. The van der Waals surface area contributed by atoms with Crippen LogP contribution < -0.4 is 10.6 Å². The molecule has 7 heteroatoms. The Kier molecular flexibility index (Phi) is 7.55. The van der Waals surface area contributed by atoms with Crippen molar-refractivity contribution in [1.82, 2.24) is 10.6 Å². The molecule has 0 spiro atoms. The smallest absolute Gasteiger partial charge is 0.352 e. The number of hydrogen-bond acceptors (Lipinski definition) is 2. The second-order valence-electron chi connectivity index (χ2n) is 6.17. The number of alkyl halides is 3. The molecule has 0 aromatic heterocycles. The van der Waals surface area contributed by atoms with Gasteiger partial charge in [-0.25, -0.2) is 0 Å². The van der Waals surface area contributed by atoms with Crippen LogP contribution in [-0.2, 0) is 11.0 Å². The number of piperidine rings is 1. The summed E-state index contributed by atoms with van der Waals surface area (Å²) in [6.45, 7) is 5.56. The summed E-state index contributed by atoms with van der Waals surface area (Å²) in [7, 11) is 0. The van der Waals surface area contributed by atoms with Crippen LogP contribution in [0, 0.1) is 5.92 Å². The van der Waals surface area contributed by atoms with E-state index in [0.29, 0.717) is 17.9 Å². The van der Waals surface area contributed by atoms with E-state index in [9.17, 15) is 18.0 Å². The highest BCUT2D eigenvalue weighted by atomic mass is 35.5. The molecule has 1 amide bonds. The molecule has 3 unspecified atom stereocenters. The number of rotatable bonds is 4. The van der Waals surface area contributed by atoms with Crippen molar-refractivity contribution in [2.75, 3.05) is 13.1 Å². The number of amides is 1. The van der Waals surface area contributed by atoms with Gasteiger partial charge in [0.1, 0.15) is 0 Å². The molecule has 3 nitrogen and oxygen atoms in total. The Labute approximate surface area is 146 Å². The third-order valence-electron chi connectivity index (χ3n) is 4.45. The van der Waals surface area contributed by atoms with Crippen molar-refractivity contribution in [3.05, 3.63) is 35.4 Å². The van der Waals surface area contributed by atoms with Crippen molar-refractivity contribution in [2.45, 2.75) is 44.8 Å². The molecule has 1 fully saturated rings. The molecule has 136 valence electrons. The minimum Gasteiger partial charge on any atom is -0.352 e. The molecular weight excluding hydrogens is 341 g/mol. The van der Waals surface area contributed by atoms with E-state index in [4.69, 9.17) is 0 Å². The van der Waals surface area contributed by atoms with E-state index in [1.54, 1.807) is 6.07 Å². The summed E-state index contributed by atoms with van der Waals surface area (Å²) < 4.78 is 38.6. The van der Waals surface area contributed by atoms with Crippen LogP contribution in [0.3, 0.4) is 0 Å². The van der Waals surface area contributed by atoms with Crippen LogP contribution in [0.15, 0.2) is 24.3 Å². The van der Waals surface area contributed by atoms with Crippen LogP contribution in [-0.4, -0.2) is 25.0 Å². The molecule has 1 aromatic rings. The number of halogens is 4. The van der Waals surface area contributed by atoms with Crippen molar-refractivity contribution in [3.63, 3.8) is 0 Å². The Balaban J connectivity index is 0.00000288. The number of carbonyl (C=O) groups is 1. The van der Waals surface area contributed by atoms with Gasteiger partial charge in [0.05, 0.1) is 11.5 Å². The summed E-state index contributed by atoms with van der Waals surface area (Å²) in [6.07, 6.45) is -3.09. The van der Waals surface area contributed by atoms with E-state index in [0.717, 1.165) is 31.6 Å². The maximum absolute atomic E-state index is 12.9. The first-order valence-corrected chi connectivity index (χ1v) is 8.01. The van der Waals surface area contributed by atoms with E-state index in [2.05, 4.69) is 17.6 Å². The van der Waals surface area contributed by atoms with Crippen LogP contribution in [0.25, 0.3) is 0 Å². The third kappa shape index (κ3) is 5.11. The van der Waals surface area contributed by atoms with E-state index in [1.165, 1.54) is 6.07 Å². The fourth-order valence-electron chi connectivity index (χ4n) is 3.02. The predicted molar refractivity (Wildman–Crippen MR) is 90.3 cm³/mol. The highest BCUT2D eigenvalue weighted by Crippen LogP contribution is 2.32. The molecule has 1 heterocycles. The predicted octanol–water partition coefficient (Wildman–Crippen LogP) is 3.74. The van der Waals surface area contributed by atoms with Gasteiger partial charge in [0, 0.05) is 6.04 Å². The van der Waals surface area contributed by atoms with Crippen molar-refractivity contribution in [2.24, 2.45) is 5.92 Å². The van der Waals surface area contributed by atoms with Gasteiger partial charge in [-0.3, -0.25) is 4.79 Å². The maximum Gasteiger partial charge on any atom is 0.416 e. The lowest BCUT2D eigenvalue weighted by Gasteiger charge is -2.31. The fourth-order valence-corrected chi connectivity index (χ4v) is 3.02. The van der Waals surface area contributed by atoms with Gasteiger partial charge in [0.15, 0.2) is 0 Å². The summed E-state index contributed by atoms with van der Waals surface area (Å²) in [5.74, 6) is -0.434. The van der Waals surface area contributed by atoms with E-state index in [1.807, 2.05) is 6.92 Å². The molecule has 1 saturated heterocycles. The molecule has 0 radical (unpaired) electrons. The minimum absolute atomic E-state index is 0. The van der Waals surface area contributed by atoms with Gasteiger partial charge in [-0.05, 0) is 43.5 Å². The van der Waals surface area contributed by atoms with Crippen LogP contribution >= 0.6 is 12.4 Å². The topological polar surface area (TPSA) is 41.1 Å². The van der Waals surface area contributed by atoms with E-state index < -0.39 is 17.7 Å². The zero-order chi connectivity index (χ0) is 17.0. The standard InChI is InChI=1S/C17H23F3N2O.ClH/c1-3-14(12-5-4-6-13(9-12)17(18,19)20)16(23)22-15-7-8-21-10-11(15)2;/h4-6,9,11,14-15,21H,3,7-8,10H2,1-2H3,(H,22,23);1H. The van der Waals surface area contributed by atoms with Gasteiger partial charge >= 0.3 is 6.18 Å². The highest BCUT2D eigenvalue weighted by molar-refractivity contribution is 5.85. The lowest BCUT2D eigenvalue weighted by Crippen LogP contribution is -2.49.